The predicted molar refractivity (Wildman–Crippen MR) is 117 cm³/mol. The van der Waals surface area contributed by atoms with Crippen molar-refractivity contribution in [1.29, 1.82) is 0 Å². The van der Waals surface area contributed by atoms with Gasteiger partial charge in [-0.2, -0.15) is 0 Å². The molecule has 1 amide bonds. The quantitative estimate of drug-likeness (QED) is 0.403. The molecule has 29 heavy (non-hydrogen) atoms. The normalized spacial score (nSPS) is 11.0. The van der Waals surface area contributed by atoms with Gasteiger partial charge in [0.2, 0.25) is 0 Å². The molecule has 0 bridgehead atoms. The first-order chi connectivity index (χ1) is 13.9. The lowest BCUT2D eigenvalue weighted by molar-refractivity contribution is 0.0959. The number of furan rings is 1. The number of carbonyl (C=O) groups is 1. The highest BCUT2D eigenvalue weighted by atomic mass is 35.5. The molecule has 0 saturated heterocycles. The number of hydrogen-bond donors (Lipinski definition) is 0. The lowest BCUT2D eigenvalue weighted by Crippen LogP contribution is -2.31. The number of aromatic nitrogens is 1. The Kier molecular flexibility index (Phi) is 5.12. The average Bonchev–Trinajstić information content (AvgIpc) is 3.04. The number of aryl methyl sites for hydroxylation is 3. The van der Waals surface area contributed by atoms with E-state index >= 15 is 0 Å². The second kappa shape index (κ2) is 7.72. The van der Waals surface area contributed by atoms with Gasteiger partial charge in [-0.3, -0.25) is 9.69 Å². The van der Waals surface area contributed by atoms with Crippen LogP contribution in [-0.2, 0) is 6.54 Å². The van der Waals surface area contributed by atoms with Gasteiger partial charge in [-0.1, -0.05) is 47.5 Å². The molecule has 0 aliphatic carbocycles. The molecule has 4 aromatic rings. The fourth-order valence-corrected chi connectivity index (χ4v) is 3.48. The lowest BCUT2D eigenvalue weighted by atomic mass is 10.1. The van der Waals surface area contributed by atoms with Crippen LogP contribution in [0.5, 0.6) is 0 Å². The van der Waals surface area contributed by atoms with Crippen LogP contribution in [0.3, 0.4) is 0 Å². The molecule has 2 aromatic carbocycles. The van der Waals surface area contributed by atoms with Crippen molar-refractivity contribution in [3.63, 3.8) is 0 Å². The highest BCUT2D eigenvalue weighted by molar-refractivity contribution is 6.32. The van der Waals surface area contributed by atoms with E-state index in [-0.39, 0.29) is 5.91 Å². The smallest absolute Gasteiger partial charge is 0.295 e. The molecule has 2 aromatic heterocycles. The number of fused-ring (bicyclic) bond motifs is 1. The Labute approximate surface area is 174 Å². The van der Waals surface area contributed by atoms with Gasteiger partial charge in [0.05, 0.1) is 6.54 Å². The topological polar surface area (TPSA) is 46.3 Å². The summed E-state index contributed by atoms with van der Waals surface area (Å²) in [6.45, 7) is 6.23. The second-order valence-corrected chi connectivity index (χ2v) is 7.63. The molecule has 0 fully saturated rings. The molecule has 0 atom stereocenters. The van der Waals surface area contributed by atoms with Crippen molar-refractivity contribution in [3.05, 3.63) is 93.8 Å². The summed E-state index contributed by atoms with van der Waals surface area (Å²) < 4.78 is 5.98. The van der Waals surface area contributed by atoms with E-state index in [1.165, 1.54) is 5.56 Å². The number of anilines is 1. The van der Waals surface area contributed by atoms with Crippen molar-refractivity contribution >= 4 is 34.3 Å². The molecular formula is C24H21ClN2O2. The van der Waals surface area contributed by atoms with E-state index in [1.807, 2.05) is 75.4 Å². The highest BCUT2D eigenvalue weighted by Crippen LogP contribution is 2.31. The van der Waals surface area contributed by atoms with E-state index < -0.39 is 0 Å². The summed E-state index contributed by atoms with van der Waals surface area (Å²) in [5.41, 5.74) is 4.53. The second-order valence-electron chi connectivity index (χ2n) is 7.22. The summed E-state index contributed by atoms with van der Waals surface area (Å²) in [5.74, 6) is 0.651. The van der Waals surface area contributed by atoms with Crippen LogP contribution in [0.4, 0.5) is 5.82 Å². The van der Waals surface area contributed by atoms with Gasteiger partial charge in [0.15, 0.2) is 5.76 Å². The van der Waals surface area contributed by atoms with Gasteiger partial charge in [0.1, 0.15) is 11.4 Å². The molecule has 0 unspecified atom stereocenters. The van der Waals surface area contributed by atoms with Crippen LogP contribution in [0.25, 0.3) is 11.0 Å². The SMILES string of the molecule is Cc1ccc(CN(C(=O)c2oc3cc(C)c(Cl)cc3c2C)c2ccccn2)cc1. The third-order valence-corrected chi connectivity index (χ3v) is 5.45. The molecule has 0 spiro atoms. The van der Waals surface area contributed by atoms with Gasteiger partial charge in [-0.05, 0) is 56.2 Å². The van der Waals surface area contributed by atoms with Gasteiger partial charge in [-0.25, -0.2) is 4.98 Å². The minimum Gasteiger partial charge on any atom is -0.451 e. The number of benzene rings is 2. The number of halogens is 1. The third kappa shape index (κ3) is 3.76. The Morgan fingerprint density at radius 2 is 1.83 bits per heavy atom. The summed E-state index contributed by atoms with van der Waals surface area (Å²) in [6.07, 6.45) is 1.68. The predicted octanol–water partition coefficient (Wildman–Crippen LogP) is 6.25. The molecule has 4 rings (SSSR count). The van der Waals surface area contributed by atoms with Crippen molar-refractivity contribution in [2.75, 3.05) is 4.90 Å². The van der Waals surface area contributed by atoms with E-state index in [2.05, 4.69) is 4.98 Å². The summed E-state index contributed by atoms with van der Waals surface area (Å²) in [5, 5.41) is 1.50. The molecule has 0 N–H and O–H groups in total. The van der Waals surface area contributed by atoms with Crippen molar-refractivity contribution in [3.8, 4) is 0 Å². The summed E-state index contributed by atoms with van der Waals surface area (Å²) >= 11 is 6.28. The van der Waals surface area contributed by atoms with E-state index in [0.29, 0.717) is 28.7 Å². The van der Waals surface area contributed by atoms with E-state index in [9.17, 15) is 4.79 Å². The van der Waals surface area contributed by atoms with Crippen LogP contribution in [0.1, 0.15) is 32.8 Å². The molecule has 146 valence electrons. The Balaban J connectivity index is 1.78. The lowest BCUT2D eigenvalue weighted by Gasteiger charge is -2.21. The number of amides is 1. The first-order valence-corrected chi connectivity index (χ1v) is 9.79. The highest BCUT2D eigenvalue weighted by Gasteiger charge is 2.26. The standard InChI is InChI=1S/C24H21ClN2O2/c1-15-7-9-18(10-8-15)14-27(22-6-4-5-11-26-22)24(28)23-17(3)19-13-20(25)16(2)12-21(19)29-23/h4-13H,14H2,1-3H3. The van der Waals surface area contributed by atoms with Crippen molar-refractivity contribution < 1.29 is 9.21 Å². The Morgan fingerprint density at radius 3 is 2.52 bits per heavy atom. The van der Waals surface area contributed by atoms with Gasteiger partial charge < -0.3 is 4.42 Å². The zero-order valence-electron chi connectivity index (χ0n) is 16.6. The van der Waals surface area contributed by atoms with E-state index in [0.717, 1.165) is 22.1 Å². The molecule has 0 aliphatic rings. The van der Waals surface area contributed by atoms with Crippen molar-refractivity contribution in [1.82, 2.24) is 4.98 Å². The fraction of sp³-hybridized carbons (Fsp3) is 0.167. The summed E-state index contributed by atoms with van der Waals surface area (Å²) in [6, 6.07) is 17.4. The number of nitrogens with zero attached hydrogens (tertiary/aromatic N) is 2. The average molecular weight is 405 g/mol. The third-order valence-electron chi connectivity index (χ3n) is 5.04. The summed E-state index contributed by atoms with van der Waals surface area (Å²) in [4.78, 5) is 19.6. The molecule has 0 radical (unpaired) electrons. The first kappa shape index (κ1) is 19.2. The van der Waals surface area contributed by atoms with Crippen LogP contribution in [0, 0.1) is 20.8 Å². The van der Waals surface area contributed by atoms with Gasteiger partial charge in [0.25, 0.3) is 5.91 Å². The van der Waals surface area contributed by atoms with Gasteiger partial charge in [0, 0.05) is 22.2 Å². The molecule has 4 nitrogen and oxygen atoms in total. The molecular weight excluding hydrogens is 384 g/mol. The molecule has 5 heteroatoms. The molecule has 0 saturated carbocycles. The minimum atomic E-state index is -0.230. The van der Waals surface area contributed by atoms with Crippen molar-refractivity contribution in [2.24, 2.45) is 0 Å². The number of pyridine rings is 1. The number of carbonyl (C=O) groups excluding carboxylic acids is 1. The molecule has 2 heterocycles. The van der Waals surface area contributed by atoms with Crippen LogP contribution < -0.4 is 4.90 Å². The Morgan fingerprint density at radius 1 is 1.07 bits per heavy atom. The molecule has 0 aliphatic heterocycles. The van der Waals surface area contributed by atoms with Gasteiger partial charge >= 0.3 is 0 Å². The van der Waals surface area contributed by atoms with Gasteiger partial charge in [-0.15, -0.1) is 0 Å². The zero-order chi connectivity index (χ0) is 20.5. The van der Waals surface area contributed by atoms with E-state index in [4.69, 9.17) is 16.0 Å². The maximum atomic E-state index is 13.5. The number of hydrogen-bond acceptors (Lipinski definition) is 3. The minimum absolute atomic E-state index is 0.230. The first-order valence-electron chi connectivity index (χ1n) is 9.41. The maximum Gasteiger partial charge on any atom is 0.295 e. The monoisotopic (exact) mass is 404 g/mol. The summed E-state index contributed by atoms with van der Waals surface area (Å²) in [7, 11) is 0. The van der Waals surface area contributed by atoms with Crippen LogP contribution in [-0.4, -0.2) is 10.9 Å². The largest absolute Gasteiger partial charge is 0.451 e. The Hall–Kier alpha value is -3.11. The maximum absolute atomic E-state index is 13.5. The van der Waals surface area contributed by atoms with Crippen molar-refractivity contribution in [2.45, 2.75) is 27.3 Å². The zero-order valence-corrected chi connectivity index (χ0v) is 17.3. The van der Waals surface area contributed by atoms with E-state index in [1.54, 1.807) is 11.1 Å². The Bertz CT molecular complexity index is 1180. The van der Waals surface area contributed by atoms with Crippen LogP contribution >= 0.6 is 11.6 Å². The fourth-order valence-electron chi connectivity index (χ4n) is 3.31. The van der Waals surface area contributed by atoms with Crippen LogP contribution in [0.2, 0.25) is 5.02 Å². The number of rotatable bonds is 4. The van der Waals surface area contributed by atoms with Crippen LogP contribution in [0.15, 0.2) is 65.2 Å².